The number of carbonyl (C=O) groups is 2. The minimum atomic E-state index is -0.150. The topological polar surface area (TPSA) is 67.9 Å². The molecule has 0 fully saturated rings. The number of hydrogen-bond donors (Lipinski definition) is 2. The summed E-state index contributed by atoms with van der Waals surface area (Å²) in [5, 5.41) is 5.89. The van der Waals surface area contributed by atoms with E-state index in [1.165, 1.54) is 0 Å². The molecular weight excluding hydrogens is 474 g/mol. The van der Waals surface area contributed by atoms with E-state index in [9.17, 15) is 9.59 Å². The fraction of sp³-hybridized carbons (Fsp3) is 0.161. The van der Waals surface area contributed by atoms with Crippen LogP contribution in [0.5, 0.6) is 0 Å². The number of rotatable bonds is 8. The highest BCUT2D eigenvalue weighted by Crippen LogP contribution is 2.27. The van der Waals surface area contributed by atoms with Gasteiger partial charge in [0.2, 0.25) is 0 Å². The molecule has 0 atom stereocenters. The number of nitrogens with one attached hydrogen (secondary N) is 2. The minimum absolute atomic E-state index is 0.150. The normalized spacial score (nSPS) is 10.4. The van der Waals surface area contributed by atoms with Gasteiger partial charge in [-0.3, -0.25) is 9.59 Å². The van der Waals surface area contributed by atoms with E-state index in [0.717, 1.165) is 34.1 Å². The van der Waals surface area contributed by atoms with E-state index >= 15 is 0 Å². The van der Waals surface area contributed by atoms with Crippen LogP contribution in [0.1, 0.15) is 20.7 Å². The molecular formula is C31H33N5O2. The van der Waals surface area contributed by atoms with Gasteiger partial charge in [0.1, 0.15) is 0 Å². The third kappa shape index (κ3) is 6.31. The smallest absolute Gasteiger partial charge is 0.255 e. The predicted octanol–water partition coefficient (Wildman–Crippen LogP) is 6.09. The molecule has 7 heteroatoms. The van der Waals surface area contributed by atoms with Gasteiger partial charge in [-0.1, -0.05) is 0 Å². The first-order chi connectivity index (χ1) is 18.2. The van der Waals surface area contributed by atoms with Gasteiger partial charge in [0.25, 0.3) is 11.8 Å². The lowest BCUT2D eigenvalue weighted by atomic mass is 10.1. The van der Waals surface area contributed by atoms with Crippen LogP contribution in [0.3, 0.4) is 0 Å². The van der Waals surface area contributed by atoms with Crippen LogP contribution in [0.25, 0.3) is 0 Å². The molecule has 2 N–H and O–H groups in total. The van der Waals surface area contributed by atoms with Gasteiger partial charge in [0.05, 0.1) is 0 Å². The van der Waals surface area contributed by atoms with Gasteiger partial charge in [-0.25, -0.2) is 0 Å². The number of nitrogens with zero attached hydrogens (tertiary/aromatic N) is 3. The summed E-state index contributed by atoms with van der Waals surface area (Å²) in [7, 11) is 9.83. The van der Waals surface area contributed by atoms with Crippen LogP contribution in [0.4, 0.5) is 34.1 Å². The first kappa shape index (κ1) is 26.3. The Bertz CT molecular complexity index is 1270. The highest BCUT2D eigenvalue weighted by Gasteiger charge is 2.10. The predicted molar refractivity (Wildman–Crippen MR) is 158 cm³/mol. The Hall–Kier alpha value is -4.78. The van der Waals surface area contributed by atoms with Gasteiger partial charge in [-0.2, -0.15) is 0 Å². The molecule has 0 spiro atoms. The van der Waals surface area contributed by atoms with Gasteiger partial charge in [-0.15, -0.1) is 0 Å². The highest BCUT2D eigenvalue weighted by atomic mass is 16.2. The Labute approximate surface area is 224 Å². The molecule has 4 aromatic carbocycles. The standard InChI is InChI=1S/C31H33N5O2/c1-34(2)26-14-6-22(7-15-26)30(37)32-24-10-18-28(19-11-24)36(5)29-20-12-25(13-21-29)33-31(38)23-8-16-27(17-9-23)35(3)4/h6-21H,1-5H3,(H,32,37)(H,33,38). The van der Waals surface area contributed by atoms with Crippen LogP contribution in [0.15, 0.2) is 97.1 Å². The first-order valence-corrected chi connectivity index (χ1v) is 12.3. The Kier molecular flexibility index (Phi) is 7.97. The molecule has 0 radical (unpaired) electrons. The Morgan fingerprint density at radius 2 is 0.737 bits per heavy atom. The number of carbonyl (C=O) groups excluding carboxylic acids is 2. The van der Waals surface area contributed by atoms with E-state index in [4.69, 9.17) is 0 Å². The summed E-state index contributed by atoms with van der Waals surface area (Å²) >= 11 is 0. The minimum Gasteiger partial charge on any atom is -0.378 e. The second-order valence-electron chi connectivity index (χ2n) is 9.44. The molecule has 0 saturated carbocycles. The van der Waals surface area contributed by atoms with Crippen molar-refractivity contribution in [2.45, 2.75) is 0 Å². The van der Waals surface area contributed by atoms with Crippen LogP contribution in [0.2, 0.25) is 0 Å². The highest BCUT2D eigenvalue weighted by molar-refractivity contribution is 6.05. The lowest BCUT2D eigenvalue weighted by molar-refractivity contribution is 0.101. The van der Waals surface area contributed by atoms with Gasteiger partial charge >= 0.3 is 0 Å². The molecule has 0 aliphatic rings. The molecule has 0 heterocycles. The SMILES string of the molecule is CN(C)c1ccc(C(=O)Nc2ccc(N(C)c3ccc(NC(=O)c4ccc(N(C)C)cc4)cc3)cc2)cc1. The Balaban J connectivity index is 1.35. The van der Waals surface area contributed by atoms with E-state index in [0.29, 0.717) is 11.1 Å². The van der Waals surface area contributed by atoms with E-state index < -0.39 is 0 Å². The molecule has 2 amide bonds. The fourth-order valence-electron chi connectivity index (χ4n) is 3.91. The molecule has 0 aromatic heterocycles. The Morgan fingerprint density at radius 3 is 1.03 bits per heavy atom. The van der Waals surface area contributed by atoms with Crippen molar-refractivity contribution in [3.8, 4) is 0 Å². The summed E-state index contributed by atoms with van der Waals surface area (Å²) in [6.45, 7) is 0. The third-order valence-electron chi connectivity index (χ3n) is 6.32. The average Bonchev–Trinajstić information content (AvgIpc) is 2.93. The summed E-state index contributed by atoms with van der Waals surface area (Å²) < 4.78 is 0. The Morgan fingerprint density at radius 1 is 0.447 bits per heavy atom. The zero-order valence-corrected chi connectivity index (χ0v) is 22.4. The second-order valence-corrected chi connectivity index (χ2v) is 9.44. The summed E-state index contributed by atoms with van der Waals surface area (Å²) in [4.78, 5) is 31.2. The van der Waals surface area contributed by atoms with Crippen LogP contribution in [-0.4, -0.2) is 47.1 Å². The van der Waals surface area contributed by atoms with E-state index in [-0.39, 0.29) is 11.8 Å². The summed E-state index contributed by atoms with van der Waals surface area (Å²) in [6.07, 6.45) is 0. The molecule has 0 saturated heterocycles. The van der Waals surface area contributed by atoms with Gasteiger partial charge < -0.3 is 25.3 Å². The van der Waals surface area contributed by atoms with Crippen molar-refractivity contribution in [2.75, 3.05) is 60.6 Å². The van der Waals surface area contributed by atoms with Gasteiger partial charge in [0, 0.05) is 80.5 Å². The van der Waals surface area contributed by atoms with Crippen LogP contribution >= 0.6 is 0 Å². The van der Waals surface area contributed by atoms with Crippen molar-refractivity contribution in [3.63, 3.8) is 0 Å². The second kappa shape index (κ2) is 11.5. The molecule has 38 heavy (non-hydrogen) atoms. The maximum absolute atomic E-state index is 12.6. The summed E-state index contributed by atoms with van der Waals surface area (Å²) in [6, 6.07) is 30.3. The zero-order chi connectivity index (χ0) is 27.2. The van der Waals surface area contributed by atoms with Crippen LogP contribution in [-0.2, 0) is 0 Å². The number of amides is 2. The van der Waals surface area contributed by atoms with E-state index in [2.05, 4.69) is 10.6 Å². The molecule has 0 bridgehead atoms. The lowest BCUT2D eigenvalue weighted by Gasteiger charge is -2.20. The number of hydrogen-bond acceptors (Lipinski definition) is 5. The molecule has 4 rings (SSSR count). The van der Waals surface area contributed by atoms with Crippen LogP contribution < -0.4 is 25.3 Å². The molecule has 194 valence electrons. The molecule has 0 aliphatic heterocycles. The maximum Gasteiger partial charge on any atom is 0.255 e. The van der Waals surface area contributed by atoms with Crippen molar-refractivity contribution < 1.29 is 9.59 Å². The van der Waals surface area contributed by atoms with Crippen molar-refractivity contribution in [3.05, 3.63) is 108 Å². The largest absolute Gasteiger partial charge is 0.378 e. The van der Waals surface area contributed by atoms with Crippen molar-refractivity contribution >= 4 is 45.9 Å². The van der Waals surface area contributed by atoms with Crippen molar-refractivity contribution in [2.24, 2.45) is 0 Å². The number of benzene rings is 4. The van der Waals surface area contributed by atoms with Gasteiger partial charge in [0.15, 0.2) is 0 Å². The van der Waals surface area contributed by atoms with Crippen molar-refractivity contribution in [1.29, 1.82) is 0 Å². The van der Waals surface area contributed by atoms with Crippen LogP contribution in [0, 0.1) is 0 Å². The van der Waals surface area contributed by atoms with Crippen molar-refractivity contribution in [1.82, 2.24) is 0 Å². The first-order valence-electron chi connectivity index (χ1n) is 12.3. The number of anilines is 6. The maximum atomic E-state index is 12.6. The molecule has 0 unspecified atom stereocenters. The molecule has 7 nitrogen and oxygen atoms in total. The quantitative estimate of drug-likeness (QED) is 0.302. The van der Waals surface area contributed by atoms with Gasteiger partial charge in [-0.05, 0) is 97.1 Å². The average molecular weight is 508 g/mol. The molecule has 0 aliphatic carbocycles. The monoisotopic (exact) mass is 507 g/mol. The summed E-state index contributed by atoms with van der Waals surface area (Å²) in [5.41, 5.74) is 6.68. The summed E-state index contributed by atoms with van der Waals surface area (Å²) in [5.74, 6) is -0.301. The fourth-order valence-corrected chi connectivity index (χ4v) is 3.91. The molecule has 4 aromatic rings. The third-order valence-corrected chi connectivity index (χ3v) is 6.32. The van der Waals surface area contributed by atoms with E-state index in [1.807, 2.05) is 147 Å². The van der Waals surface area contributed by atoms with E-state index in [1.54, 1.807) is 0 Å². The zero-order valence-electron chi connectivity index (χ0n) is 22.4. The lowest BCUT2D eigenvalue weighted by Crippen LogP contribution is -2.14.